The minimum absolute atomic E-state index is 0.00979. The lowest BCUT2D eigenvalue weighted by atomic mass is 9.74. The van der Waals surface area contributed by atoms with E-state index in [0.717, 1.165) is 24.6 Å². The molecule has 1 fully saturated rings. The van der Waals surface area contributed by atoms with Gasteiger partial charge in [-0.15, -0.1) is 10.2 Å². The van der Waals surface area contributed by atoms with Gasteiger partial charge in [-0.3, -0.25) is 4.40 Å². The number of hydrogen-bond donors (Lipinski definition) is 1. The summed E-state index contributed by atoms with van der Waals surface area (Å²) in [6, 6.07) is 1.89. The zero-order chi connectivity index (χ0) is 12.6. The Morgan fingerprint density at radius 3 is 3.06 bits per heavy atom. The number of nitrogens with zero attached hydrogens (tertiary/aromatic N) is 4. The van der Waals surface area contributed by atoms with Gasteiger partial charge in [-0.1, -0.05) is 13.8 Å². The van der Waals surface area contributed by atoms with Crippen LogP contribution in [-0.4, -0.2) is 32.7 Å². The van der Waals surface area contributed by atoms with E-state index in [-0.39, 0.29) is 5.41 Å². The van der Waals surface area contributed by atoms with Gasteiger partial charge in [0.25, 0.3) is 0 Å². The second-order valence-electron chi connectivity index (χ2n) is 5.60. The molecule has 1 N–H and O–H groups in total. The summed E-state index contributed by atoms with van der Waals surface area (Å²) in [5.41, 5.74) is 0.882. The number of rotatable bonds is 2. The van der Waals surface area contributed by atoms with Crippen LogP contribution >= 0.6 is 0 Å². The van der Waals surface area contributed by atoms with Crippen molar-refractivity contribution in [2.75, 3.05) is 13.1 Å². The maximum absolute atomic E-state index is 4.39. The summed E-state index contributed by atoms with van der Waals surface area (Å²) in [6.45, 7) is 6.71. The Morgan fingerprint density at radius 1 is 1.39 bits per heavy atom. The maximum Gasteiger partial charge on any atom is 0.163 e. The lowest BCUT2D eigenvalue weighted by molar-refractivity contribution is 0.240. The third kappa shape index (κ3) is 1.79. The van der Waals surface area contributed by atoms with E-state index in [4.69, 9.17) is 0 Å². The molecule has 0 aliphatic carbocycles. The van der Waals surface area contributed by atoms with Crippen LogP contribution in [0.2, 0.25) is 0 Å². The van der Waals surface area contributed by atoms with Crippen molar-refractivity contribution >= 4 is 5.65 Å². The molecule has 3 heterocycles. The first-order valence-electron chi connectivity index (χ1n) is 6.55. The van der Waals surface area contributed by atoms with E-state index in [1.165, 1.54) is 12.8 Å². The van der Waals surface area contributed by atoms with Crippen LogP contribution in [0.25, 0.3) is 5.65 Å². The molecule has 1 atom stereocenters. The molecule has 1 unspecified atom stereocenters. The quantitative estimate of drug-likeness (QED) is 0.869. The molecule has 3 rings (SSSR count). The van der Waals surface area contributed by atoms with Gasteiger partial charge < -0.3 is 5.32 Å². The molecule has 1 saturated heterocycles. The van der Waals surface area contributed by atoms with Crippen molar-refractivity contribution in [1.82, 2.24) is 24.9 Å². The fourth-order valence-electron chi connectivity index (χ4n) is 2.84. The Morgan fingerprint density at radius 2 is 2.28 bits per heavy atom. The van der Waals surface area contributed by atoms with Crippen molar-refractivity contribution in [3.8, 4) is 0 Å². The summed E-state index contributed by atoms with van der Waals surface area (Å²) < 4.78 is 2.01. The molecule has 5 nitrogen and oxygen atoms in total. The van der Waals surface area contributed by atoms with Gasteiger partial charge >= 0.3 is 0 Å². The van der Waals surface area contributed by atoms with Crippen molar-refractivity contribution < 1.29 is 0 Å². The Hall–Kier alpha value is -1.49. The van der Waals surface area contributed by atoms with Crippen molar-refractivity contribution in [3.63, 3.8) is 0 Å². The van der Waals surface area contributed by atoms with Gasteiger partial charge in [0.15, 0.2) is 5.65 Å². The lowest BCUT2D eigenvalue weighted by Gasteiger charge is -2.35. The molecule has 0 spiro atoms. The summed E-state index contributed by atoms with van der Waals surface area (Å²) in [5.74, 6) is 1.61. The van der Waals surface area contributed by atoms with E-state index >= 15 is 0 Å². The maximum atomic E-state index is 4.39. The minimum atomic E-state index is 0.00979. The molecular formula is C13H19N5. The highest BCUT2D eigenvalue weighted by molar-refractivity contribution is 5.36. The van der Waals surface area contributed by atoms with Gasteiger partial charge in [-0.25, -0.2) is 4.98 Å². The Balaban J connectivity index is 2.01. The SMILES string of the molecule is CC(C)(c1nnc2ccncn12)C1CCCNC1. The fraction of sp³-hybridized carbons (Fsp3) is 0.615. The normalized spacial score (nSPS) is 21.3. The number of piperidine rings is 1. The zero-order valence-corrected chi connectivity index (χ0v) is 10.9. The fourth-order valence-corrected chi connectivity index (χ4v) is 2.84. The molecule has 2 aromatic rings. The van der Waals surface area contributed by atoms with Crippen LogP contribution in [0.3, 0.4) is 0 Å². The van der Waals surface area contributed by atoms with Crippen molar-refractivity contribution in [2.45, 2.75) is 32.1 Å². The average molecular weight is 245 g/mol. The van der Waals surface area contributed by atoms with Crippen LogP contribution in [0, 0.1) is 5.92 Å². The van der Waals surface area contributed by atoms with Gasteiger partial charge in [0.2, 0.25) is 0 Å². The third-order valence-electron chi connectivity index (χ3n) is 4.11. The smallest absolute Gasteiger partial charge is 0.163 e. The molecule has 1 aliphatic heterocycles. The molecular weight excluding hydrogens is 226 g/mol. The molecule has 0 saturated carbocycles. The van der Waals surface area contributed by atoms with E-state index in [1.807, 2.05) is 16.8 Å². The molecule has 0 amide bonds. The Bertz CT molecular complexity index is 539. The van der Waals surface area contributed by atoms with Crippen LogP contribution in [0.15, 0.2) is 18.6 Å². The average Bonchev–Trinajstić information content (AvgIpc) is 2.84. The van der Waals surface area contributed by atoms with Crippen molar-refractivity contribution in [3.05, 3.63) is 24.4 Å². The second-order valence-corrected chi connectivity index (χ2v) is 5.60. The molecule has 5 heteroatoms. The largest absolute Gasteiger partial charge is 0.316 e. The van der Waals surface area contributed by atoms with Crippen LogP contribution in [-0.2, 0) is 5.41 Å². The monoisotopic (exact) mass is 245 g/mol. The highest BCUT2D eigenvalue weighted by atomic mass is 15.3. The van der Waals surface area contributed by atoms with Gasteiger partial charge in [0, 0.05) is 17.7 Å². The van der Waals surface area contributed by atoms with Crippen LogP contribution in [0.1, 0.15) is 32.5 Å². The van der Waals surface area contributed by atoms with E-state index in [2.05, 4.69) is 34.3 Å². The van der Waals surface area contributed by atoms with E-state index in [0.29, 0.717) is 5.92 Å². The predicted molar refractivity (Wildman–Crippen MR) is 69.4 cm³/mol. The second kappa shape index (κ2) is 4.31. The van der Waals surface area contributed by atoms with E-state index in [9.17, 15) is 0 Å². The molecule has 18 heavy (non-hydrogen) atoms. The zero-order valence-electron chi connectivity index (χ0n) is 10.9. The Kier molecular flexibility index (Phi) is 2.78. The van der Waals surface area contributed by atoms with Gasteiger partial charge in [-0.2, -0.15) is 0 Å². The topological polar surface area (TPSA) is 55.1 Å². The number of hydrogen-bond acceptors (Lipinski definition) is 4. The van der Waals surface area contributed by atoms with Gasteiger partial charge in [-0.05, 0) is 31.8 Å². The highest BCUT2D eigenvalue weighted by Crippen LogP contribution is 2.34. The molecule has 0 aromatic carbocycles. The van der Waals surface area contributed by atoms with Crippen LogP contribution < -0.4 is 5.32 Å². The van der Waals surface area contributed by atoms with E-state index in [1.54, 1.807) is 6.20 Å². The number of nitrogens with one attached hydrogen (secondary N) is 1. The standard InChI is InChI=1S/C13H19N5/c1-13(2,10-4-3-6-14-8-10)12-17-16-11-5-7-15-9-18(11)12/h5,7,9-10,14H,3-4,6,8H2,1-2H3. The molecule has 2 aromatic heterocycles. The Labute approximate surface area is 107 Å². The number of fused-ring (bicyclic) bond motifs is 1. The summed E-state index contributed by atoms with van der Waals surface area (Å²) in [6.07, 6.45) is 6.05. The highest BCUT2D eigenvalue weighted by Gasteiger charge is 2.36. The molecule has 96 valence electrons. The first kappa shape index (κ1) is 11.6. The number of aromatic nitrogens is 4. The summed E-state index contributed by atoms with van der Waals surface area (Å²) in [5, 5.41) is 12.1. The molecule has 0 radical (unpaired) electrons. The molecule has 0 bridgehead atoms. The molecule has 1 aliphatic rings. The first-order chi connectivity index (χ1) is 8.69. The van der Waals surface area contributed by atoms with Crippen molar-refractivity contribution in [2.24, 2.45) is 5.92 Å². The van der Waals surface area contributed by atoms with Crippen LogP contribution in [0.4, 0.5) is 0 Å². The van der Waals surface area contributed by atoms with Gasteiger partial charge in [0.05, 0.1) is 0 Å². The first-order valence-corrected chi connectivity index (χ1v) is 6.55. The lowest BCUT2D eigenvalue weighted by Crippen LogP contribution is -2.41. The summed E-state index contributed by atoms with van der Waals surface area (Å²) in [7, 11) is 0. The van der Waals surface area contributed by atoms with Crippen LogP contribution in [0.5, 0.6) is 0 Å². The van der Waals surface area contributed by atoms with E-state index < -0.39 is 0 Å². The third-order valence-corrected chi connectivity index (χ3v) is 4.11. The van der Waals surface area contributed by atoms with Crippen molar-refractivity contribution in [1.29, 1.82) is 0 Å². The summed E-state index contributed by atoms with van der Waals surface area (Å²) in [4.78, 5) is 4.17. The van der Waals surface area contributed by atoms with Gasteiger partial charge in [0.1, 0.15) is 12.2 Å². The predicted octanol–water partition coefficient (Wildman–Crippen LogP) is 1.40. The minimum Gasteiger partial charge on any atom is -0.316 e. The summed E-state index contributed by atoms with van der Waals surface area (Å²) >= 11 is 0.